The number of amides is 1. The van der Waals surface area contributed by atoms with Gasteiger partial charge in [-0.1, -0.05) is 41.7 Å². The number of anilines is 1. The molecule has 1 aromatic carbocycles. The molecule has 0 spiro atoms. The van der Waals surface area contributed by atoms with Gasteiger partial charge in [-0.05, 0) is 5.56 Å². The Hall–Kier alpha value is -1.76. The normalized spacial score (nSPS) is 15.3. The molecule has 1 aliphatic rings. The average molecular weight is 304 g/mol. The summed E-state index contributed by atoms with van der Waals surface area (Å²) in [6.45, 7) is 1.27. The molecule has 0 unspecified atom stereocenters. The molecule has 1 aromatic heterocycles. The van der Waals surface area contributed by atoms with E-state index in [-0.39, 0.29) is 5.91 Å². The second-order valence-electron chi connectivity index (χ2n) is 4.71. The summed E-state index contributed by atoms with van der Waals surface area (Å²) in [6, 6.07) is 9.41. The molecule has 21 heavy (non-hydrogen) atoms. The zero-order chi connectivity index (χ0) is 14.7. The molecule has 1 N–H and O–H groups in total. The topological polar surface area (TPSA) is 60.5 Å². The lowest BCUT2D eigenvalue weighted by Gasteiger charge is -2.14. The molecule has 1 aliphatic heterocycles. The van der Waals surface area contributed by atoms with Gasteiger partial charge in [0.05, 0.1) is 23.8 Å². The van der Waals surface area contributed by atoms with Crippen molar-refractivity contribution in [3.8, 4) is 0 Å². The maximum atomic E-state index is 12.4. The standard InChI is InChI=1S/C15H16N2O3S/c1-19-13(10-5-3-2-4-6-10)14(18)17-15-16-11-7-8-20-9-12(11)21-15/h2-6,13H,7-9H2,1H3,(H,16,17,18)/t13-/m1/s1. The maximum Gasteiger partial charge on any atom is 0.259 e. The van der Waals surface area contributed by atoms with Gasteiger partial charge in [0.2, 0.25) is 0 Å². The van der Waals surface area contributed by atoms with Crippen molar-refractivity contribution < 1.29 is 14.3 Å². The number of hydrogen-bond acceptors (Lipinski definition) is 5. The van der Waals surface area contributed by atoms with E-state index in [2.05, 4.69) is 10.3 Å². The Morgan fingerprint density at radius 2 is 2.24 bits per heavy atom. The number of fused-ring (bicyclic) bond motifs is 1. The lowest BCUT2D eigenvalue weighted by Crippen LogP contribution is -2.22. The van der Waals surface area contributed by atoms with Gasteiger partial charge >= 0.3 is 0 Å². The molecule has 2 aromatic rings. The molecular formula is C15H16N2O3S. The van der Waals surface area contributed by atoms with Gasteiger partial charge < -0.3 is 9.47 Å². The monoisotopic (exact) mass is 304 g/mol. The van der Waals surface area contributed by atoms with Crippen molar-refractivity contribution in [1.82, 2.24) is 4.98 Å². The Labute approximate surface area is 126 Å². The van der Waals surface area contributed by atoms with Crippen molar-refractivity contribution >= 4 is 22.4 Å². The minimum absolute atomic E-state index is 0.212. The van der Waals surface area contributed by atoms with Crippen LogP contribution in [0.5, 0.6) is 0 Å². The number of thiazole rings is 1. The number of aromatic nitrogens is 1. The summed E-state index contributed by atoms with van der Waals surface area (Å²) in [6.07, 6.45) is 0.164. The van der Waals surface area contributed by atoms with Crippen LogP contribution in [-0.2, 0) is 27.3 Å². The van der Waals surface area contributed by atoms with Gasteiger partial charge in [-0.2, -0.15) is 0 Å². The highest BCUT2D eigenvalue weighted by Gasteiger charge is 2.22. The first-order valence-corrected chi connectivity index (χ1v) is 7.54. The number of carbonyl (C=O) groups is 1. The van der Waals surface area contributed by atoms with Crippen molar-refractivity contribution in [2.24, 2.45) is 0 Å². The SMILES string of the molecule is CO[C@@H](C(=O)Nc1nc2c(s1)COCC2)c1ccccc1. The Balaban J connectivity index is 1.74. The molecule has 0 fully saturated rings. The van der Waals surface area contributed by atoms with Gasteiger partial charge in [0.25, 0.3) is 5.91 Å². The Bertz CT molecular complexity index is 604. The van der Waals surface area contributed by atoms with Crippen LogP contribution in [0.2, 0.25) is 0 Å². The summed E-state index contributed by atoms with van der Waals surface area (Å²) >= 11 is 1.46. The van der Waals surface area contributed by atoms with Crippen molar-refractivity contribution in [3.05, 3.63) is 46.5 Å². The van der Waals surface area contributed by atoms with Crippen LogP contribution in [0.15, 0.2) is 30.3 Å². The van der Waals surface area contributed by atoms with Crippen LogP contribution < -0.4 is 5.32 Å². The molecule has 0 bridgehead atoms. The minimum Gasteiger partial charge on any atom is -0.375 e. The van der Waals surface area contributed by atoms with Crippen molar-refractivity contribution in [1.29, 1.82) is 0 Å². The summed E-state index contributed by atoms with van der Waals surface area (Å²) in [5.74, 6) is -0.212. The van der Waals surface area contributed by atoms with E-state index in [1.807, 2.05) is 30.3 Å². The van der Waals surface area contributed by atoms with E-state index in [0.29, 0.717) is 18.3 Å². The lowest BCUT2D eigenvalue weighted by molar-refractivity contribution is -0.126. The molecule has 1 amide bonds. The highest BCUT2D eigenvalue weighted by Crippen LogP contribution is 2.28. The molecule has 5 nitrogen and oxygen atoms in total. The van der Waals surface area contributed by atoms with Gasteiger partial charge in [-0.25, -0.2) is 4.98 Å². The van der Waals surface area contributed by atoms with E-state index < -0.39 is 6.10 Å². The molecular weight excluding hydrogens is 288 g/mol. The third kappa shape index (κ3) is 3.12. The van der Waals surface area contributed by atoms with Gasteiger partial charge in [0, 0.05) is 13.5 Å². The highest BCUT2D eigenvalue weighted by atomic mass is 32.1. The Morgan fingerprint density at radius 3 is 2.95 bits per heavy atom. The second kappa shape index (κ2) is 6.34. The van der Waals surface area contributed by atoms with E-state index in [4.69, 9.17) is 9.47 Å². The van der Waals surface area contributed by atoms with E-state index >= 15 is 0 Å². The number of nitrogens with zero attached hydrogens (tertiary/aromatic N) is 1. The number of benzene rings is 1. The molecule has 0 saturated carbocycles. The molecule has 0 aliphatic carbocycles. The fraction of sp³-hybridized carbons (Fsp3) is 0.333. The van der Waals surface area contributed by atoms with Gasteiger partial charge in [0.1, 0.15) is 0 Å². The van der Waals surface area contributed by atoms with Crippen molar-refractivity contribution in [2.45, 2.75) is 19.1 Å². The quantitative estimate of drug-likeness (QED) is 0.943. The first kappa shape index (κ1) is 14.2. The number of methoxy groups -OCH3 is 1. The number of rotatable bonds is 4. The molecule has 1 atom stereocenters. The molecule has 0 radical (unpaired) electrons. The van der Waals surface area contributed by atoms with Gasteiger partial charge in [-0.3, -0.25) is 10.1 Å². The van der Waals surface area contributed by atoms with E-state index in [1.54, 1.807) is 0 Å². The van der Waals surface area contributed by atoms with Crippen LogP contribution in [0.3, 0.4) is 0 Å². The predicted molar refractivity (Wildman–Crippen MR) is 80.3 cm³/mol. The summed E-state index contributed by atoms with van der Waals surface area (Å²) < 4.78 is 10.7. The lowest BCUT2D eigenvalue weighted by atomic mass is 10.1. The zero-order valence-corrected chi connectivity index (χ0v) is 12.5. The molecule has 110 valence electrons. The fourth-order valence-electron chi connectivity index (χ4n) is 2.27. The molecule has 2 heterocycles. The molecule has 0 saturated heterocycles. The first-order valence-electron chi connectivity index (χ1n) is 6.73. The summed E-state index contributed by atoms with van der Waals surface area (Å²) in [7, 11) is 1.53. The third-order valence-electron chi connectivity index (χ3n) is 3.30. The van der Waals surface area contributed by atoms with Crippen LogP contribution in [0.25, 0.3) is 0 Å². The fourth-order valence-corrected chi connectivity index (χ4v) is 3.22. The van der Waals surface area contributed by atoms with E-state index in [1.165, 1.54) is 18.4 Å². The minimum atomic E-state index is -0.636. The van der Waals surface area contributed by atoms with Gasteiger partial charge in [-0.15, -0.1) is 0 Å². The number of hydrogen-bond donors (Lipinski definition) is 1. The Kier molecular flexibility index (Phi) is 4.28. The van der Waals surface area contributed by atoms with Crippen LogP contribution in [0, 0.1) is 0 Å². The predicted octanol–water partition coefficient (Wildman–Crippen LogP) is 2.54. The van der Waals surface area contributed by atoms with Crippen LogP contribution in [0.1, 0.15) is 22.2 Å². The largest absolute Gasteiger partial charge is 0.375 e. The van der Waals surface area contributed by atoms with E-state index in [9.17, 15) is 4.79 Å². The van der Waals surface area contributed by atoms with Crippen LogP contribution in [-0.4, -0.2) is 24.6 Å². The zero-order valence-electron chi connectivity index (χ0n) is 11.7. The number of ether oxygens (including phenoxy) is 2. The van der Waals surface area contributed by atoms with Crippen LogP contribution in [0.4, 0.5) is 5.13 Å². The maximum absolute atomic E-state index is 12.4. The second-order valence-corrected chi connectivity index (χ2v) is 5.79. The summed E-state index contributed by atoms with van der Waals surface area (Å²) in [4.78, 5) is 17.9. The first-order chi connectivity index (χ1) is 10.3. The summed E-state index contributed by atoms with van der Waals surface area (Å²) in [5.41, 5.74) is 1.84. The third-order valence-corrected chi connectivity index (χ3v) is 4.29. The summed E-state index contributed by atoms with van der Waals surface area (Å²) in [5, 5.41) is 3.44. The number of carbonyl (C=O) groups excluding carboxylic acids is 1. The molecule has 3 rings (SSSR count). The van der Waals surface area contributed by atoms with Gasteiger partial charge in [0.15, 0.2) is 11.2 Å². The smallest absolute Gasteiger partial charge is 0.259 e. The van der Waals surface area contributed by atoms with Crippen molar-refractivity contribution in [3.63, 3.8) is 0 Å². The van der Waals surface area contributed by atoms with E-state index in [0.717, 1.165) is 22.6 Å². The Morgan fingerprint density at radius 1 is 1.43 bits per heavy atom. The molecule has 6 heteroatoms. The number of nitrogens with one attached hydrogen (secondary N) is 1. The highest BCUT2D eigenvalue weighted by molar-refractivity contribution is 7.15. The average Bonchev–Trinajstić information content (AvgIpc) is 2.91. The van der Waals surface area contributed by atoms with Crippen molar-refractivity contribution in [2.75, 3.05) is 19.0 Å². The van der Waals surface area contributed by atoms with Crippen LogP contribution >= 0.6 is 11.3 Å².